The van der Waals surface area contributed by atoms with E-state index in [9.17, 15) is 29.7 Å². The average molecular weight is 307 g/mol. The number of aliphatic hydroxyl groups is 1. The fourth-order valence-corrected chi connectivity index (χ4v) is 0.684. The maximum atomic E-state index is 10.1. The molecule has 0 spiro atoms. The SMILES string of the molecule is O=C([O-])CC(O)(CC(=O)[O-])C(=O)[O-].O=P([O-])([O-])[O-].[Na+]. The molecular weight excluding hydrogens is 302 g/mol. The van der Waals surface area contributed by atoms with Gasteiger partial charge in [-0.15, -0.1) is 0 Å². The van der Waals surface area contributed by atoms with Crippen molar-refractivity contribution in [2.45, 2.75) is 18.4 Å². The molecule has 0 amide bonds. The maximum Gasteiger partial charge on any atom is 1.00 e. The van der Waals surface area contributed by atoms with Gasteiger partial charge < -0.3 is 54.1 Å². The van der Waals surface area contributed by atoms with E-state index in [1.165, 1.54) is 0 Å². The van der Waals surface area contributed by atoms with Crippen LogP contribution < -0.4 is 59.6 Å². The molecule has 0 aliphatic carbocycles. The molecule has 0 aromatic heterocycles. The number of carbonyl (C=O) groups excluding carboxylic acids is 3. The second-order valence-corrected chi connectivity index (χ2v) is 3.76. The van der Waals surface area contributed by atoms with Crippen molar-refractivity contribution >= 4 is 25.7 Å². The van der Waals surface area contributed by atoms with Gasteiger partial charge in [0.2, 0.25) is 0 Å². The zero-order chi connectivity index (χ0) is 15.1. The van der Waals surface area contributed by atoms with Crippen LogP contribution >= 0.6 is 7.82 Å². The molecule has 0 heterocycles. The normalized spacial score (nSPS) is 10.5. The molecule has 0 bridgehead atoms. The van der Waals surface area contributed by atoms with Gasteiger partial charge in [-0.1, -0.05) is 0 Å². The summed E-state index contributed by atoms with van der Waals surface area (Å²) >= 11 is 0. The van der Waals surface area contributed by atoms with Crippen molar-refractivity contribution in [1.82, 2.24) is 0 Å². The number of rotatable bonds is 5. The maximum absolute atomic E-state index is 10.1. The van der Waals surface area contributed by atoms with Crippen molar-refractivity contribution in [3.05, 3.63) is 0 Å². The van der Waals surface area contributed by atoms with E-state index < -0.39 is 44.2 Å². The van der Waals surface area contributed by atoms with Crippen LogP contribution in [0.1, 0.15) is 12.8 Å². The number of carboxylic acids is 3. The Kier molecular flexibility index (Phi) is 11.7. The molecule has 1 N–H and O–H groups in total. The Morgan fingerprint density at radius 1 is 0.947 bits per heavy atom. The van der Waals surface area contributed by atoms with Gasteiger partial charge in [0.25, 0.3) is 0 Å². The van der Waals surface area contributed by atoms with Gasteiger partial charge in [0, 0.05) is 24.8 Å². The van der Waals surface area contributed by atoms with Crippen molar-refractivity contribution < 1.29 is 83.6 Å². The number of carboxylic acid groups (broad SMARTS) is 3. The van der Waals surface area contributed by atoms with Gasteiger partial charge in [-0.3, -0.25) is 0 Å². The monoisotopic (exact) mass is 307 g/mol. The van der Waals surface area contributed by atoms with Crippen LogP contribution in [0.25, 0.3) is 0 Å². The van der Waals surface area contributed by atoms with Crippen LogP contribution in [0.5, 0.6) is 0 Å². The summed E-state index contributed by atoms with van der Waals surface area (Å²) in [6, 6.07) is 0. The first kappa shape index (κ1) is 23.6. The van der Waals surface area contributed by atoms with E-state index in [2.05, 4.69) is 0 Å². The summed E-state index contributed by atoms with van der Waals surface area (Å²) < 4.78 is 8.55. The molecule has 0 saturated heterocycles. The van der Waals surface area contributed by atoms with E-state index in [4.69, 9.17) is 24.4 Å². The molecule has 0 aliphatic rings. The molecule has 0 aliphatic heterocycles. The number of hydrogen-bond acceptors (Lipinski definition) is 11. The second kappa shape index (κ2) is 9.39. The van der Waals surface area contributed by atoms with Crippen LogP contribution in [0.15, 0.2) is 0 Å². The minimum atomic E-state index is -5.39. The number of carbonyl (C=O) groups is 3. The first-order valence-electron chi connectivity index (χ1n) is 3.84. The Morgan fingerprint density at radius 2 is 1.16 bits per heavy atom. The Morgan fingerprint density at radius 3 is 1.26 bits per heavy atom. The van der Waals surface area contributed by atoms with E-state index in [1.807, 2.05) is 0 Å². The topological polar surface area (TPSA) is 227 Å². The van der Waals surface area contributed by atoms with Crippen molar-refractivity contribution in [2.75, 3.05) is 0 Å². The molecular formula is C6H5NaO11P-5. The van der Waals surface area contributed by atoms with Crippen molar-refractivity contribution in [2.24, 2.45) is 0 Å². The molecule has 0 aromatic rings. The average Bonchev–Trinajstić information content (AvgIpc) is 1.95. The Hall–Kier alpha value is -0.520. The standard InChI is InChI=1S/C6H8O7.Na.H3O4P/c7-3(8)1-6(13,5(11)12)2-4(9)10;;1-5(2,3)4/h13H,1-2H2,(H,7,8)(H,9,10)(H,11,12);;(H3,1,2,3,4)/q;+1;/p-6. The number of hydrogen-bond donors (Lipinski definition) is 1. The third-order valence-corrected chi connectivity index (χ3v) is 1.25. The Bertz CT molecular complexity index is 349. The zero-order valence-corrected chi connectivity index (χ0v) is 12.3. The molecule has 11 nitrogen and oxygen atoms in total. The molecule has 0 radical (unpaired) electrons. The minimum Gasteiger partial charge on any atom is -0.822 e. The largest absolute Gasteiger partial charge is 1.00 e. The minimum absolute atomic E-state index is 0. The summed E-state index contributed by atoms with van der Waals surface area (Å²) in [4.78, 5) is 55.6. The van der Waals surface area contributed by atoms with Gasteiger partial charge >= 0.3 is 29.6 Å². The van der Waals surface area contributed by atoms with E-state index in [0.717, 1.165) is 0 Å². The van der Waals surface area contributed by atoms with Crippen molar-refractivity contribution in [3.8, 4) is 0 Å². The fourth-order valence-electron chi connectivity index (χ4n) is 0.684. The summed E-state index contributed by atoms with van der Waals surface area (Å²) in [5, 5.41) is 38.9. The predicted molar refractivity (Wildman–Crippen MR) is 36.8 cm³/mol. The quantitative estimate of drug-likeness (QED) is 0.370. The predicted octanol–water partition coefficient (Wildman–Crippen LogP) is -11.1. The third kappa shape index (κ3) is 17.5. The Balaban J connectivity index is -0.000000366. The molecule has 0 rings (SSSR count). The van der Waals surface area contributed by atoms with Crippen molar-refractivity contribution in [1.29, 1.82) is 0 Å². The summed E-state index contributed by atoms with van der Waals surface area (Å²) in [7, 11) is -5.39. The van der Waals surface area contributed by atoms with E-state index in [0.29, 0.717) is 0 Å². The van der Waals surface area contributed by atoms with Crippen molar-refractivity contribution in [3.63, 3.8) is 0 Å². The van der Waals surface area contributed by atoms with Crippen LogP contribution in [-0.4, -0.2) is 28.6 Å². The van der Waals surface area contributed by atoms with E-state index in [1.54, 1.807) is 0 Å². The van der Waals surface area contributed by atoms with Crippen LogP contribution in [-0.2, 0) is 18.9 Å². The van der Waals surface area contributed by atoms with Crippen LogP contribution in [0.4, 0.5) is 0 Å². The van der Waals surface area contributed by atoms with Crippen LogP contribution in [0.3, 0.4) is 0 Å². The van der Waals surface area contributed by atoms with Gasteiger partial charge in [-0.05, 0) is 0 Å². The molecule has 0 fully saturated rings. The van der Waals surface area contributed by atoms with Gasteiger partial charge in [-0.2, -0.15) is 7.82 Å². The second-order valence-electron chi connectivity index (χ2n) is 2.86. The van der Waals surface area contributed by atoms with Gasteiger partial charge in [-0.25, -0.2) is 0 Å². The molecule has 106 valence electrons. The molecule has 13 heteroatoms. The molecule has 19 heavy (non-hydrogen) atoms. The van der Waals surface area contributed by atoms with Gasteiger partial charge in [0.05, 0.1) is 5.97 Å². The fraction of sp³-hybridized carbons (Fsp3) is 0.500. The molecule has 0 aromatic carbocycles. The summed E-state index contributed by atoms with van der Waals surface area (Å²) in [6.07, 6.45) is -2.72. The van der Waals surface area contributed by atoms with E-state index >= 15 is 0 Å². The summed E-state index contributed by atoms with van der Waals surface area (Å²) in [5.74, 6) is -5.98. The molecule has 0 saturated carbocycles. The summed E-state index contributed by atoms with van der Waals surface area (Å²) in [6.45, 7) is 0. The van der Waals surface area contributed by atoms with Gasteiger partial charge in [0.1, 0.15) is 5.60 Å². The summed E-state index contributed by atoms with van der Waals surface area (Å²) in [5.41, 5.74) is -2.97. The first-order valence-corrected chi connectivity index (χ1v) is 5.30. The van der Waals surface area contributed by atoms with Gasteiger partial charge in [0.15, 0.2) is 0 Å². The zero-order valence-electron chi connectivity index (χ0n) is 9.39. The molecule has 0 atom stereocenters. The number of phosphoric acid groups is 1. The third-order valence-electron chi connectivity index (χ3n) is 1.25. The van der Waals surface area contributed by atoms with E-state index in [-0.39, 0.29) is 29.6 Å². The van der Waals surface area contributed by atoms with Crippen LogP contribution in [0, 0.1) is 0 Å². The van der Waals surface area contributed by atoms with Crippen LogP contribution in [0.2, 0.25) is 0 Å². The smallest absolute Gasteiger partial charge is 0.822 e. The Labute approximate surface area is 128 Å². The molecule has 0 unspecified atom stereocenters. The number of aliphatic carboxylic acids is 3. The first-order chi connectivity index (χ1) is 7.78.